The molecule has 0 bridgehead atoms. The summed E-state index contributed by atoms with van der Waals surface area (Å²) in [7, 11) is 0. The highest BCUT2D eigenvalue weighted by molar-refractivity contribution is 5.63. The number of alkyl halides is 3. The molecule has 4 heterocycles. The Morgan fingerprint density at radius 1 is 1.18 bits per heavy atom. The fourth-order valence-corrected chi connectivity index (χ4v) is 5.73. The normalized spacial score (nSPS) is 30.5. The van der Waals surface area contributed by atoms with E-state index in [2.05, 4.69) is 20.5 Å². The van der Waals surface area contributed by atoms with E-state index >= 15 is 0 Å². The van der Waals surface area contributed by atoms with Crippen LogP contribution in [0.1, 0.15) is 47.8 Å². The fraction of sp³-hybridized carbons (Fsp3) is 0.640. The highest BCUT2D eigenvalue weighted by Gasteiger charge is 2.42. The second-order valence-corrected chi connectivity index (χ2v) is 10.4. The van der Waals surface area contributed by atoms with Gasteiger partial charge in [-0.3, -0.25) is 4.98 Å². The fourth-order valence-electron chi connectivity index (χ4n) is 5.73. The van der Waals surface area contributed by atoms with Crippen molar-refractivity contribution >= 4 is 5.82 Å². The van der Waals surface area contributed by atoms with Gasteiger partial charge in [-0.1, -0.05) is 0 Å². The summed E-state index contributed by atoms with van der Waals surface area (Å²) in [6.45, 7) is 4.79. The average Bonchev–Trinajstić information content (AvgIpc) is 3.38. The number of ether oxygens (including phenoxy) is 1. The van der Waals surface area contributed by atoms with Gasteiger partial charge in [-0.15, -0.1) is 10.2 Å². The summed E-state index contributed by atoms with van der Waals surface area (Å²) >= 11 is 0. The minimum Gasteiger partial charge on any atom is -0.376 e. The Kier molecular flexibility index (Phi) is 5.62. The molecule has 184 valence electrons. The van der Waals surface area contributed by atoms with E-state index in [1.165, 1.54) is 6.07 Å². The number of rotatable bonds is 5. The molecule has 0 radical (unpaired) electrons. The molecule has 6 nitrogen and oxygen atoms in total. The van der Waals surface area contributed by atoms with Gasteiger partial charge in [0, 0.05) is 52.9 Å². The summed E-state index contributed by atoms with van der Waals surface area (Å²) in [6, 6.07) is 4.30. The van der Waals surface area contributed by atoms with Crippen molar-refractivity contribution in [2.75, 3.05) is 31.5 Å². The van der Waals surface area contributed by atoms with E-state index < -0.39 is 18.2 Å². The molecule has 5 rings (SSSR count). The molecule has 2 unspecified atom stereocenters. The number of pyridine rings is 1. The van der Waals surface area contributed by atoms with Gasteiger partial charge in [0.05, 0.1) is 16.9 Å². The van der Waals surface area contributed by atoms with Crippen LogP contribution in [0.15, 0.2) is 30.6 Å². The predicted octanol–water partition coefficient (Wildman–Crippen LogP) is 4.88. The second kappa shape index (κ2) is 9.07. The van der Waals surface area contributed by atoms with Crippen LogP contribution >= 0.6 is 0 Å². The Morgan fingerprint density at radius 3 is 2.59 bits per heavy atom. The molecule has 2 aromatic rings. The summed E-state index contributed by atoms with van der Waals surface area (Å²) in [4.78, 5) is 5.85. The molecule has 2 aromatic heterocycles. The van der Waals surface area contributed by atoms with Crippen molar-refractivity contribution in [3.63, 3.8) is 0 Å². The van der Waals surface area contributed by atoms with Gasteiger partial charge < -0.3 is 15.0 Å². The van der Waals surface area contributed by atoms with E-state index in [1.807, 2.05) is 18.7 Å². The van der Waals surface area contributed by atoms with E-state index in [9.17, 15) is 13.2 Å². The van der Waals surface area contributed by atoms with Gasteiger partial charge in [-0.05, 0) is 75.5 Å². The lowest BCUT2D eigenvalue weighted by atomic mass is 9.88. The first-order valence-electron chi connectivity index (χ1n) is 12.9. The number of nitrogens with one attached hydrogen (secondary N) is 1. The highest BCUT2D eigenvalue weighted by Crippen LogP contribution is 2.40. The lowest BCUT2D eigenvalue weighted by molar-refractivity contribution is -0.137. The zero-order chi connectivity index (χ0) is 25.7. The number of halogens is 3. The topological polar surface area (TPSA) is 63.2 Å². The summed E-state index contributed by atoms with van der Waals surface area (Å²) in [5.74, 6) is 1.29. The molecule has 34 heavy (non-hydrogen) atoms. The number of anilines is 1. The monoisotopic (exact) mass is 477 g/mol. The molecule has 0 spiro atoms. The number of fused-ring (bicyclic) bond motifs is 1. The van der Waals surface area contributed by atoms with Gasteiger partial charge in [0.1, 0.15) is 5.82 Å². The Hall–Kier alpha value is -2.26. The molecule has 1 saturated carbocycles. The molecule has 0 aromatic carbocycles. The number of hydrogen-bond donors (Lipinski definition) is 1. The molecule has 3 aliphatic rings. The third kappa shape index (κ3) is 5.20. The number of hydrogen-bond acceptors (Lipinski definition) is 6. The van der Waals surface area contributed by atoms with Crippen molar-refractivity contribution in [2.45, 2.75) is 57.3 Å². The van der Waals surface area contributed by atoms with Crippen LogP contribution in [0.4, 0.5) is 19.0 Å². The molecule has 3 atom stereocenters. The highest BCUT2D eigenvalue weighted by atomic mass is 19.4. The molecule has 2 aliphatic heterocycles. The van der Waals surface area contributed by atoms with Crippen molar-refractivity contribution in [1.29, 1.82) is 0 Å². The molecule has 9 heteroatoms. The first-order valence-corrected chi connectivity index (χ1v) is 11.9. The van der Waals surface area contributed by atoms with Crippen LogP contribution in [0.3, 0.4) is 0 Å². The smallest absolute Gasteiger partial charge is 0.376 e. The SMILES string of the molecule is [2H]C([2H])([C@H]1CCOC(C)(C)C1)N1CC2CC(Nc3ccc(-c4cnccc4C(F)(F)F)nn3)CC2C1. The van der Waals surface area contributed by atoms with Crippen molar-refractivity contribution in [3.8, 4) is 11.3 Å². The van der Waals surface area contributed by atoms with E-state index in [1.54, 1.807) is 6.07 Å². The lowest BCUT2D eigenvalue weighted by Crippen LogP contribution is -2.39. The van der Waals surface area contributed by atoms with Gasteiger partial charge in [0.15, 0.2) is 0 Å². The van der Waals surface area contributed by atoms with Crippen LogP contribution in [0.2, 0.25) is 0 Å². The minimum atomic E-state index is -4.50. The van der Waals surface area contributed by atoms with Crippen molar-refractivity contribution < 1.29 is 20.6 Å². The first-order chi connectivity index (χ1) is 16.9. The van der Waals surface area contributed by atoms with Crippen molar-refractivity contribution in [3.05, 3.63) is 36.2 Å². The predicted molar refractivity (Wildman–Crippen MR) is 123 cm³/mol. The molecular weight excluding hydrogens is 443 g/mol. The van der Waals surface area contributed by atoms with E-state index in [0.717, 1.165) is 50.8 Å². The molecule has 1 N–H and O–H groups in total. The van der Waals surface area contributed by atoms with Crippen LogP contribution in [0.5, 0.6) is 0 Å². The molecule has 2 saturated heterocycles. The van der Waals surface area contributed by atoms with Crippen LogP contribution in [-0.4, -0.2) is 57.9 Å². The Labute approximate surface area is 201 Å². The van der Waals surface area contributed by atoms with E-state index in [4.69, 9.17) is 7.48 Å². The first kappa shape index (κ1) is 21.1. The van der Waals surface area contributed by atoms with E-state index in [-0.39, 0.29) is 28.8 Å². The second-order valence-electron chi connectivity index (χ2n) is 10.4. The largest absolute Gasteiger partial charge is 0.417 e. The summed E-state index contributed by atoms with van der Waals surface area (Å²) < 4.78 is 63.5. The number of nitrogens with zero attached hydrogens (tertiary/aromatic N) is 4. The van der Waals surface area contributed by atoms with Crippen molar-refractivity contribution in [2.24, 2.45) is 17.8 Å². The van der Waals surface area contributed by atoms with Crippen molar-refractivity contribution in [1.82, 2.24) is 20.1 Å². The summed E-state index contributed by atoms with van der Waals surface area (Å²) in [5.41, 5.74) is -1.05. The average molecular weight is 478 g/mol. The summed E-state index contributed by atoms with van der Waals surface area (Å²) in [6.07, 6.45) is 1.04. The Morgan fingerprint density at radius 2 is 1.94 bits per heavy atom. The van der Waals surface area contributed by atoms with Crippen LogP contribution in [0.25, 0.3) is 11.3 Å². The zero-order valence-electron chi connectivity index (χ0n) is 21.5. The summed E-state index contributed by atoms with van der Waals surface area (Å²) in [5, 5.41) is 11.5. The van der Waals surface area contributed by atoms with Crippen LogP contribution < -0.4 is 5.32 Å². The van der Waals surface area contributed by atoms with Crippen LogP contribution in [0, 0.1) is 17.8 Å². The maximum atomic E-state index is 13.3. The number of likely N-dealkylation sites (tertiary alicyclic amines) is 1. The minimum absolute atomic E-state index is 0.0412. The molecular formula is C25H32F3N5O. The number of aromatic nitrogens is 3. The standard InChI is InChI=1S/C25H32F3N5O/c1-24(2)11-16(6-8-34-24)13-33-14-17-9-19(10-18(17)15-33)30-23-4-3-22(31-32-23)20-12-29-7-5-21(20)25(26,27)28/h3-5,7,12,16-19H,6,8-11,13-15H2,1-2H3,(H,30,32)/t16-,17?,18?,19?/m0/s1/i13D2. The maximum Gasteiger partial charge on any atom is 0.417 e. The quantitative estimate of drug-likeness (QED) is 0.662. The van der Waals surface area contributed by atoms with E-state index in [0.29, 0.717) is 30.7 Å². The van der Waals surface area contributed by atoms with Gasteiger partial charge in [-0.25, -0.2) is 0 Å². The molecule has 0 amide bonds. The Balaban J connectivity index is 1.19. The maximum absolute atomic E-state index is 13.3. The van der Waals surface area contributed by atoms with Crippen LogP contribution in [-0.2, 0) is 10.9 Å². The third-order valence-electron chi connectivity index (χ3n) is 7.23. The molecule has 1 aliphatic carbocycles. The third-order valence-corrected chi connectivity index (χ3v) is 7.23. The Bertz CT molecular complexity index is 1070. The molecule has 3 fully saturated rings. The lowest BCUT2D eigenvalue weighted by Gasteiger charge is -2.37. The zero-order valence-corrected chi connectivity index (χ0v) is 19.5. The van der Waals surface area contributed by atoms with Gasteiger partial charge in [-0.2, -0.15) is 13.2 Å². The van der Waals surface area contributed by atoms with Gasteiger partial charge in [0.25, 0.3) is 0 Å². The van der Waals surface area contributed by atoms with Gasteiger partial charge in [0.2, 0.25) is 0 Å². The van der Waals surface area contributed by atoms with Gasteiger partial charge >= 0.3 is 6.18 Å².